The molecule has 0 amide bonds. The van der Waals surface area contributed by atoms with Crippen molar-refractivity contribution in [2.24, 2.45) is 0 Å². The van der Waals surface area contributed by atoms with Gasteiger partial charge in [0.05, 0.1) is 14.2 Å². The molecule has 3 nitrogen and oxygen atoms in total. The fraction of sp³-hybridized carbons (Fsp3) is 0.158. The first-order chi connectivity index (χ1) is 11.6. The maximum Gasteiger partial charge on any atom is 0.387 e. The zero-order valence-corrected chi connectivity index (χ0v) is 13.3. The summed E-state index contributed by atoms with van der Waals surface area (Å²) in [5.74, 6) is 1.10. The Labute approximate surface area is 138 Å². The van der Waals surface area contributed by atoms with Crippen molar-refractivity contribution in [3.8, 4) is 28.4 Å². The number of rotatable bonds is 5. The molecule has 0 fully saturated rings. The van der Waals surface area contributed by atoms with Gasteiger partial charge in [-0.1, -0.05) is 24.3 Å². The Morgan fingerprint density at radius 3 is 2.12 bits per heavy atom. The lowest BCUT2D eigenvalue weighted by atomic mass is 10.0. The van der Waals surface area contributed by atoms with Crippen molar-refractivity contribution in [2.45, 2.75) is 6.61 Å². The van der Waals surface area contributed by atoms with Crippen LogP contribution in [0.5, 0.6) is 17.2 Å². The molecule has 0 spiro atoms. The Bertz CT molecular complexity index is 845. The Kier molecular flexibility index (Phi) is 4.51. The van der Waals surface area contributed by atoms with Crippen LogP contribution >= 0.6 is 0 Å². The molecule has 5 heteroatoms. The zero-order chi connectivity index (χ0) is 17.1. The summed E-state index contributed by atoms with van der Waals surface area (Å²) in [6, 6.07) is 16.6. The highest BCUT2D eigenvalue weighted by Crippen LogP contribution is 2.38. The van der Waals surface area contributed by atoms with Crippen molar-refractivity contribution < 1.29 is 23.0 Å². The highest BCUT2D eigenvalue weighted by atomic mass is 19.3. The summed E-state index contributed by atoms with van der Waals surface area (Å²) in [6.07, 6.45) is 0. The second-order valence-corrected chi connectivity index (χ2v) is 5.14. The van der Waals surface area contributed by atoms with Gasteiger partial charge in [-0.05, 0) is 46.8 Å². The maximum atomic E-state index is 12.7. The number of methoxy groups -OCH3 is 2. The summed E-state index contributed by atoms with van der Waals surface area (Å²) >= 11 is 0. The molecule has 0 aromatic heterocycles. The molecule has 0 atom stereocenters. The van der Waals surface area contributed by atoms with E-state index in [9.17, 15) is 8.78 Å². The molecule has 0 aliphatic rings. The van der Waals surface area contributed by atoms with Crippen LogP contribution in [0.1, 0.15) is 0 Å². The van der Waals surface area contributed by atoms with E-state index in [4.69, 9.17) is 9.47 Å². The number of fused-ring (bicyclic) bond motifs is 1. The van der Waals surface area contributed by atoms with E-state index >= 15 is 0 Å². The Balaban J connectivity index is 2.08. The molecule has 124 valence electrons. The van der Waals surface area contributed by atoms with Gasteiger partial charge in [-0.2, -0.15) is 8.78 Å². The molecule has 0 aliphatic heterocycles. The summed E-state index contributed by atoms with van der Waals surface area (Å²) in [5, 5.41) is 1.37. The minimum atomic E-state index is -2.91. The minimum Gasteiger partial charge on any atom is -0.497 e. The summed E-state index contributed by atoms with van der Waals surface area (Å²) in [6.45, 7) is -2.91. The Morgan fingerprint density at radius 2 is 1.50 bits per heavy atom. The van der Waals surface area contributed by atoms with Gasteiger partial charge in [0, 0.05) is 5.39 Å². The molecule has 24 heavy (non-hydrogen) atoms. The summed E-state index contributed by atoms with van der Waals surface area (Å²) in [5.41, 5.74) is 1.98. The summed E-state index contributed by atoms with van der Waals surface area (Å²) < 4.78 is 40.3. The highest BCUT2D eigenvalue weighted by molar-refractivity contribution is 5.93. The van der Waals surface area contributed by atoms with Crippen LogP contribution < -0.4 is 14.2 Å². The molecular formula is C19H16F2O3. The standard InChI is InChI=1S/C19H16F2O3/c1-22-15-7-3-12(4-8-15)13-5-9-16-14(11-13)6-10-17(23-2)18(16)24-19(20)21/h3-11,19H,1-2H3. The van der Waals surface area contributed by atoms with Crippen molar-refractivity contribution >= 4 is 10.8 Å². The van der Waals surface area contributed by atoms with Crippen LogP contribution in [-0.4, -0.2) is 20.8 Å². The maximum absolute atomic E-state index is 12.7. The first kappa shape index (κ1) is 16.1. The van der Waals surface area contributed by atoms with E-state index in [0.29, 0.717) is 5.39 Å². The lowest BCUT2D eigenvalue weighted by molar-refractivity contribution is -0.0501. The second-order valence-electron chi connectivity index (χ2n) is 5.14. The Hall–Kier alpha value is -2.82. The van der Waals surface area contributed by atoms with Crippen LogP contribution in [0.3, 0.4) is 0 Å². The minimum absolute atomic E-state index is 0.0475. The highest BCUT2D eigenvalue weighted by Gasteiger charge is 2.15. The molecular weight excluding hydrogens is 314 g/mol. The third kappa shape index (κ3) is 3.11. The van der Waals surface area contributed by atoms with Crippen LogP contribution in [0.25, 0.3) is 21.9 Å². The molecule has 3 aromatic carbocycles. The van der Waals surface area contributed by atoms with Gasteiger partial charge in [0.25, 0.3) is 0 Å². The van der Waals surface area contributed by atoms with E-state index in [1.165, 1.54) is 7.11 Å². The SMILES string of the molecule is COc1ccc(-c2ccc3c(OC(F)F)c(OC)ccc3c2)cc1. The molecule has 0 bridgehead atoms. The van der Waals surface area contributed by atoms with E-state index in [2.05, 4.69) is 4.74 Å². The van der Waals surface area contributed by atoms with E-state index in [1.807, 2.05) is 42.5 Å². The lowest BCUT2D eigenvalue weighted by Gasteiger charge is -2.13. The van der Waals surface area contributed by atoms with Gasteiger partial charge in [0.1, 0.15) is 5.75 Å². The van der Waals surface area contributed by atoms with Crippen LogP contribution in [0, 0.1) is 0 Å². The van der Waals surface area contributed by atoms with Gasteiger partial charge >= 0.3 is 6.61 Å². The molecule has 0 radical (unpaired) electrons. The molecule has 0 aliphatic carbocycles. The first-order valence-electron chi connectivity index (χ1n) is 7.32. The number of alkyl halides is 2. The summed E-state index contributed by atoms with van der Waals surface area (Å²) in [4.78, 5) is 0. The van der Waals surface area contributed by atoms with E-state index in [-0.39, 0.29) is 11.5 Å². The van der Waals surface area contributed by atoms with Crippen molar-refractivity contribution in [3.63, 3.8) is 0 Å². The van der Waals surface area contributed by atoms with Crippen LogP contribution in [0.15, 0.2) is 54.6 Å². The number of ether oxygens (including phenoxy) is 3. The van der Waals surface area contributed by atoms with Gasteiger partial charge in [-0.3, -0.25) is 0 Å². The second kappa shape index (κ2) is 6.74. The third-order valence-corrected chi connectivity index (χ3v) is 3.78. The predicted octanol–water partition coefficient (Wildman–Crippen LogP) is 5.13. The van der Waals surface area contributed by atoms with Gasteiger partial charge < -0.3 is 14.2 Å². The first-order valence-corrected chi connectivity index (χ1v) is 7.32. The predicted molar refractivity (Wildman–Crippen MR) is 89.1 cm³/mol. The van der Waals surface area contributed by atoms with Gasteiger partial charge in [-0.15, -0.1) is 0 Å². The van der Waals surface area contributed by atoms with E-state index in [0.717, 1.165) is 22.3 Å². The molecule has 3 rings (SSSR count). The molecule has 0 unspecified atom stereocenters. The third-order valence-electron chi connectivity index (χ3n) is 3.78. The van der Waals surface area contributed by atoms with Crippen molar-refractivity contribution in [1.82, 2.24) is 0 Å². The Morgan fingerprint density at radius 1 is 0.792 bits per heavy atom. The fourth-order valence-corrected chi connectivity index (χ4v) is 2.62. The molecule has 3 aromatic rings. The number of benzene rings is 3. The topological polar surface area (TPSA) is 27.7 Å². The van der Waals surface area contributed by atoms with Crippen molar-refractivity contribution in [3.05, 3.63) is 54.6 Å². The van der Waals surface area contributed by atoms with Gasteiger partial charge in [0.15, 0.2) is 11.5 Å². The molecule has 0 N–H and O–H groups in total. The molecule has 0 saturated heterocycles. The summed E-state index contributed by atoms with van der Waals surface area (Å²) in [7, 11) is 3.04. The average molecular weight is 330 g/mol. The number of hydrogen-bond donors (Lipinski definition) is 0. The van der Waals surface area contributed by atoms with Crippen molar-refractivity contribution in [1.29, 1.82) is 0 Å². The van der Waals surface area contributed by atoms with Gasteiger partial charge in [-0.25, -0.2) is 0 Å². The average Bonchev–Trinajstić information content (AvgIpc) is 2.61. The number of halogens is 2. The van der Waals surface area contributed by atoms with Crippen LogP contribution in [-0.2, 0) is 0 Å². The van der Waals surface area contributed by atoms with E-state index in [1.54, 1.807) is 19.2 Å². The lowest BCUT2D eigenvalue weighted by Crippen LogP contribution is -2.04. The quantitative estimate of drug-likeness (QED) is 0.649. The molecule has 0 heterocycles. The van der Waals surface area contributed by atoms with Crippen LogP contribution in [0.2, 0.25) is 0 Å². The monoisotopic (exact) mass is 330 g/mol. The van der Waals surface area contributed by atoms with Crippen molar-refractivity contribution in [2.75, 3.05) is 14.2 Å². The largest absolute Gasteiger partial charge is 0.497 e. The smallest absolute Gasteiger partial charge is 0.387 e. The normalized spacial score (nSPS) is 10.9. The molecule has 0 saturated carbocycles. The number of hydrogen-bond acceptors (Lipinski definition) is 3. The fourth-order valence-electron chi connectivity index (χ4n) is 2.62. The van der Waals surface area contributed by atoms with Crippen LogP contribution in [0.4, 0.5) is 8.78 Å². The van der Waals surface area contributed by atoms with E-state index < -0.39 is 6.61 Å². The zero-order valence-electron chi connectivity index (χ0n) is 13.3. The van der Waals surface area contributed by atoms with Gasteiger partial charge in [0.2, 0.25) is 0 Å².